The molecule has 0 saturated carbocycles. The van der Waals surface area contributed by atoms with Gasteiger partial charge in [-0.15, -0.1) is 0 Å². The second-order valence-corrected chi connectivity index (χ2v) is 7.90. The molecule has 3 aromatic rings. The summed E-state index contributed by atoms with van der Waals surface area (Å²) >= 11 is 0. The molecule has 0 radical (unpaired) electrons. The van der Waals surface area contributed by atoms with E-state index in [4.69, 9.17) is 9.47 Å². The first-order valence-electron chi connectivity index (χ1n) is 11.0. The van der Waals surface area contributed by atoms with Gasteiger partial charge in [0.15, 0.2) is 11.6 Å². The first-order chi connectivity index (χ1) is 16.2. The number of Topliss-reactive ketones (excluding diaryl/α,β-unsaturated/α-hetero) is 1. The number of benzene rings is 3. The van der Waals surface area contributed by atoms with Gasteiger partial charge >= 0.3 is 0 Å². The molecule has 0 amide bonds. The zero-order valence-electron chi connectivity index (χ0n) is 18.7. The Morgan fingerprint density at radius 2 is 1.52 bits per heavy atom. The number of allylic oxidation sites excluding steroid dienone is 2. The Labute approximate surface area is 194 Å². The Kier molecular flexibility index (Phi) is 7.45. The normalized spacial score (nSPS) is 14.6. The van der Waals surface area contributed by atoms with E-state index >= 15 is 0 Å². The standard InChI is InChI=1S/C28H27NO4/c1-32-27-13-12-23(18-24(27)20-29-14-16-33-17-15-29)26(30)19-25(21-8-4-2-5-9-21)28(31)22-10-6-3-7-11-22/h2-13,18-19H,14-17,20H2,1H3/b25-19+. The molecule has 1 aliphatic rings. The average molecular weight is 442 g/mol. The summed E-state index contributed by atoms with van der Waals surface area (Å²) in [6.07, 6.45) is 1.45. The van der Waals surface area contributed by atoms with Gasteiger partial charge in [0.05, 0.1) is 20.3 Å². The second-order valence-electron chi connectivity index (χ2n) is 7.90. The molecule has 1 heterocycles. The van der Waals surface area contributed by atoms with Gasteiger partial charge in [0, 0.05) is 41.9 Å². The van der Waals surface area contributed by atoms with Crippen LogP contribution < -0.4 is 4.74 Å². The van der Waals surface area contributed by atoms with Crippen LogP contribution in [0, 0.1) is 0 Å². The highest BCUT2D eigenvalue weighted by atomic mass is 16.5. The monoisotopic (exact) mass is 441 g/mol. The van der Waals surface area contributed by atoms with Crippen LogP contribution in [0.25, 0.3) is 5.57 Å². The van der Waals surface area contributed by atoms with Crippen LogP contribution in [0.2, 0.25) is 0 Å². The summed E-state index contributed by atoms with van der Waals surface area (Å²) in [6, 6.07) is 23.7. The van der Waals surface area contributed by atoms with Gasteiger partial charge in [0.1, 0.15) is 5.75 Å². The van der Waals surface area contributed by atoms with E-state index < -0.39 is 0 Å². The van der Waals surface area contributed by atoms with Crippen molar-refractivity contribution in [3.05, 3.63) is 107 Å². The van der Waals surface area contributed by atoms with E-state index in [0.29, 0.717) is 42.0 Å². The zero-order valence-corrected chi connectivity index (χ0v) is 18.7. The lowest BCUT2D eigenvalue weighted by Crippen LogP contribution is -2.35. The van der Waals surface area contributed by atoms with Gasteiger partial charge in [-0.05, 0) is 29.8 Å². The maximum atomic E-state index is 13.3. The number of carbonyl (C=O) groups is 2. The Balaban J connectivity index is 1.67. The molecule has 0 atom stereocenters. The number of morpholine rings is 1. The molecule has 0 spiro atoms. The van der Waals surface area contributed by atoms with Crippen molar-refractivity contribution in [2.75, 3.05) is 33.4 Å². The number of ether oxygens (including phenoxy) is 2. The fourth-order valence-electron chi connectivity index (χ4n) is 3.91. The molecule has 0 aromatic heterocycles. The van der Waals surface area contributed by atoms with Crippen molar-refractivity contribution >= 4 is 17.1 Å². The number of ketones is 2. The number of carbonyl (C=O) groups excluding carboxylic acids is 2. The molecule has 0 N–H and O–H groups in total. The molecule has 1 saturated heterocycles. The van der Waals surface area contributed by atoms with Crippen molar-refractivity contribution in [3.8, 4) is 5.75 Å². The summed E-state index contributed by atoms with van der Waals surface area (Å²) in [6.45, 7) is 3.75. The van der Waals surface area contributed by atoms with E-state index in [2.05, 4.69) is 4.90 Å². The van der Waals surface area contributed by atoms with Gasteiger partial charge in [0.25, 0.3) is 0 Å². The van der Waals surface area contributed by atoms with Crippen LogP contribution in [-0.2, 0) is 11.3 Å². The molecule has 0 aliphatic carbocycles. The smallest absolute Gasteiger partial charge is 0.193 e. The molecule has 1 fully saturated rings. The zero-order chi connectivity index (χ0) is 23.0. The number of hydrogen-bond donors (Lipinski definition) is 0. The van der Waals surface area contributed by atoms with Crippen LogP contribution in [0.4, 0.5) is 0 Å². The quantitative estimate of drug-likeness (QED) is 0.375. The van der Waals surface area contributed by atoms with Crippen molar-refractivity contribution in [2.24, 2.45) is 0 Å². The lowest BCUT2D eigenvalue weighted by Gasteiger charge is -2.27. The van der Waals surface area contributed by atoms with Gasteiger partial charge < -0.3 is 9.47 Å². The summed E-state index contributed by atoms with van der Waals surface area (Å²) in [5.41, 5.74) is 3.09. The van der Waals surface area contributed by atoms with Crippen LogP contribution in [-0.4, -0.2) is 49.9 Å². The fourth-order valence-corrected chi connectivity index (χ4v) is 3.91. The summed E-state index contributed by atoms with van der Waals surface area (Å²) in [4.78, 5) is 28.9. The minimum Gasteiger partial charge on any atom is -0.496 e. The van der Waals surface area contributed by atoms with Crippen molar-refractivity contribution in [1.82, 2.24) is 4.90 Å². The minimum atomic E-state index is -0.219. The fraction of sp³-hybridized carbons (Fsp3) is 0.214. The van der Waals surface area contributed by atoms with Crippen LogP contribution >= 0.6 is 0 Å². The summed E-state index contributed by atoms with van der Waals surface area (Å²) < 4.78 is 11.0. The van der Waals surface area contributed by atoms with Crippen LogP contribution in [0.3, 0.4) is 0 Å². The Morgan fingerprint density at radius 3 is 2.15 bits per heavy atom. The molecule has 3 aromatic carbocycles. The Hall–Kier alpha value is -3.54. The summed E-state index contributed by atoms with van der Waals surface area (Å²) in [7, 11) is 1.63. The third kappa shape index (κ3) is 5.64. The summed E-state index contributed by atoms with van der Waals surface area (Å²) in [5, 5.41) is 0. The highest BCUT2D eigenvalue weighted by Crippen LogP contribution is 2.25. The van der Waals surface area contributed by atoms with Crippen LogP contribution in [0.5, 0.6) is 5.75 Å². The Morgan fingerprint density at radius 1 is 0.879 bits per heavy atom. The predicted octanol–water partition coefficient (Wildman–Crippen LogP) is 4.68. The molecule has 5 nitrogen and oxygen atoms in total. The van der Waals surface area contributed by atoms with Gasteiger partial charge in [-0.2, -0.15) is 0 Å². The average Bonchev–Trinajstić information content (AvgIpc) is 2.88. The van der Waals surface area contributed by atoms with Crippen LogP contribution in [0.15, 0.2) is 84.9 Å². The predicted molar refractivity (Wildman–Crippen MR) is 129 cm³/mol. The topological polar surface area (TPSA) is 55.8 Å². The third-order valence-electron chi connectivity index (χ3n) is 5.70. The molecular weight excluding hydrogens is 414 g/mol. The van der Waals surface area contributed by atoms with E-state index in [0.717, 1.165) is 24.4 Å². The van der Waals surface area contributed by atoms with Crippen molar-refractivity contribution in [1.29, 1.82) is 0 Å². The number of hydrogen-bond acceptors (Lipinski definition) is 5. The highest BCUT2D eigenvalue weighted by molar-refractivity contribution is 6.32. The van der Waals surface area contributed by atoms with Crippen LogP contribution in [0.1, 0.15) is 31.8 Å². The molecule has 168 valence electrons. The highest BCUT2D eigenvalue weighted by Gasteiger charge is 2.18. The molecule has 4 rings (SSSR count). The molecule has 1 aliphatic heterocycles. The largest absolute Gasteiger partial charge is 0.496 e. The molecule has 0 bridgehead atoms. The maximum absolute atomic E-state index is 13.3. The van der Waals surface area contributed by atoms with Gasteiger partial charge in [-0.1, -0.05) is 60.7 Å². The number of rotatable bonds is 8. The summed E-state index contributed by atoms with van der Waals surface area (Å²) in [5.74, 6) is 0.340. The van der Waals surface area contributed by atoms with E-state index in [1.165, 1.54) is 6.08 Å². The van der Waals surface area contributed by atoms with Crippen molar-refractivity contribution in [3.63, 3.8) is 0 Å². The van der Waals surface area contributed by atoms with Crippen molar-refractivity contribution in [2.45, 2.75) is 6.54 Å². The lowest BCUT2D eigenvalue weighted by atomic mass is 9.94. The maximum Gasteiger partial charge on any atom is 0.193 e. The molecular formula is C28H27NO4. The van der Waals surface area contributed by atoms with Crippen molar-refractivity contribution < 1.29 is 19.1 Å². The minimum absolute atomic E-state index is 0.183. The molecule has 5 heteroatoms. The van der Waals surface area contributed by atoms with Gasteiger partial charge in [-0.25, -0.2) is 0 Å². The van der Waals surface area contributed by atoms with Gasteiger partial charge in [-0.3, -0.25) is 14.5 Å². The second kappa shape index (κ2) is 10.9. The van der Waals surface area contributed by atoms with Gasteiger partial charge in [0.2, 0.25) is 0 Å². The third-order valence-corrected chi connectivity index (χ3v) is 5.70. The molecule has 33 heavy (non-hydrogen) atoms. The van der Waals surface area contributed by atoms with E-state index in [-0.39, 0.29) is 11.6 Å². The van der Waals surface area contributed by atoms with E-state index in [9.17, 15) is 9.59 Å². The lowest BCUT2D eigenvalue weighted by molar-refractivity contribution is 0.0338. The number of nitrogens with zero attached hydrogens (tertiary/aromatic N) is 1. The first-order valence-corrected chi connectivity index (χ1v) is 11.0. The SMILES string of the molecule is COc1ccc(C(=O)/C=C(/C(=O)c2ccccc2)c2ccccc2)cc1CN1CCOCC1. The molecule has 0 unspecified atom stereocenters. The first kappa shape index (κ1) is 22.6. The number of methoxy groups -OCH3 is 1. The van der Waals surface area contributed by atoms with E-state index in [1.54, 1.807) is 25.3 Å². The Bertz CT molecular complexity index is 1130. The van der Waals surface area contributed by atoms with E-state index in [1.807, 2.05) is 60.7 Å².